The number of anilines is 2. The summed E-state index contributed by atoms with van der Waals surface area (Å²) in [6, 6.07) is 6.63. The minimum absolute atomic E-state index is 0.0193. The topological polar surface area (TPSA) is 45.2 Å². The number of carbonyl (C=O) groups excluding carboxylic acids is 1. The van der Waals surface area contributed by atoms with Crippen LogP contribution < -0.4 is 10.2 Å². The number of rotatable bonds is 3. The monoisotopic (exact) mass is 397 g/mol. The second-order valence-corrected chi connectivity index (χ2v) is 7.13. The Morgan fingerprint density at radius 3 is 2.52 bits per heavy atom. The number of aromatic nitrogens is 1. The van der Waals surface area contributed by atoms with E-state index in [1.165, 1.54) is 12.3 Å². The Morgan fingerprint density at radius 2 is 1.93 bits per heavy atom. The van der Waals surface area contributed by atoms with Gasteiger partial charge in [-0.2, -0.15) is 13.2 Å². The first-order chi connectivity index (χ1) is 12.7. The minimum Gasteiger partial charge on any atom is -0.357 e. The maximum Gasteiger partial charge on any atom is 0.417 e. The van der Waals surface area contributed by atoms with Gasteiger partial charge in [-0.1, -0.05) is 18.5 Å². The largest absolute Gasteiger partial charge is 0.417 e. The zero-order valence-corrected chi connectivity index (χ0v) is 15.4. The van der Waals surface area contributed by atoms with E-state index in [2.05, 4.69) is 22.1 Å². The first kappa shape index (κ1) is 19.5. The van der Waals surface area contributed by atoms with E-state index in [0.29, 0.717) is 5.92 Å². The fourth-order valence-electron chi connectivity index (χ4n) is 2.97. The number of piperidine rings is 1. The van der Waals surface area contributed by atoms with Crippen molar-refractivity contribution in [3.63, 3.8) is 0 Å². The molecule has 3 rings (SSSR count). The van der Waals surface area contributed by atoms with Gasteiger partial charge < -0.3 is 10.2 Å². The summed E-state index contributed by atoms with van der Waals surface area (Å²) < 4.78 is 38.8. The Balaban J connectivity index is 1.70. The number of alkyl halides is 3. The standard InChI is InChI=1S/C19H19ClF3N3O/c1-12-6-8-26(9-7-12)17-5-2-13(11-24-17)18(27)25-14-3-4-16(20)15(10-14)19(21,22)23/h2-5,10-12H,6-9H2,1H3,(H,25,27). The summed E-state index contributed by atoms with van der Waals surface area (Å²) in [5.41, 5.74) is -0.701. The van der Waals surface area contributed by atoms with Gasteiger partial charge in [0.2, 0.25) is 0 Å². The average molecular weight is 398 g/mol. The summed E-state index contributed by atoms with van der Waals surface area (Å²) in [6.07, 6.45) is -0.958. The molecule has 0 bridgehead atoms. The van der Waals surface area contributed by atoms with Crippen molar-refractivity contribution in [2.75, 3.05) is 23.3 Å². The molecule has 0 atom stereocenters. The molecule has 27 heavy (non-hydrogen) atoms. The van der Waals surface area contributed by atoms with Gasteiger partial charge in [0.05, 0.1) is 16.1 Å². The number of benzene rings is 1. The molecule has 8 heteroatoms. The van der Waals surface area contributed by atoms with Crippen LogP contribution in [0.5, 0.6) is 0 Å². The summed E-state index contributed by atoms with van der Waals surface area (Å²) in [5, 5.41) is 2.04. The lowest BCUT2D eigenvalue weighted by atomic mass is 9.99. The molecule has 1 saturated heterocycles. The molecule has 0 spiro atoms. The number of amides is 1. The Labute approximate surface area is 160 Å². The Bertz CT molecular complexity index is 816. The van der Waals surface area contributed by atoms with Crippen LogP contribution in [0.3, 0.4) is 0 Å². The van der Waals surface area contributed by atoms with Gasteiger partial charge in [-0.05, 0) is 49.1 Å². The molecule has 1 aromatic carbocycles. The fourth-order valence-corrected chi connectivity index (χ4v) is 3.19. The highest BCUT2D eigenvalue weighted by Crippen LogP contribution is 2.36. The first-order valence-corrected chi connectivity index (χ1v) is 9.01. The lowest BCUT2D eigenvalue weighted by Crippen LogP contribution is -2.33. The number of halogens is 4. The van der Waals surface area contributed by atoms with Crippen molar-refractivity contribution >= 4 is 29.0 Å². The maximum atomic E-state index is 12.9. The van der Waals surface area contributed by atoms with E-state index in [-0.39, 0.29) is 11.3 Å². The number of carbonyl (C=O) groups is 1. The molecule has 2 aromatic rings. The Hall–Kier alpha value is -2.28. The molecule has 4 nitrogen and oxygen atoms in total. The second-order valence-electron chi connectivity index (χ2n) is 6.72. The van der Waals surface area contributed by atoms with Gasteiger partial charge in [-0.3, -0.25) is 4.79 Å². The lowest BCUT2D eigenvalue weighted by molar-refractivity contribution is -0.137. The Kier molecular flexibility index (Phi) is 5.60. The molecule has 0 unspecified atom stereocenters. The number of hydrogen-bond donors (Lipinski definition) is 1. The first-order valence-electron chi connectivity index (χ1n) is 8.63. The summed E-state index contributed by atoms with van der Waals surface area (Å²) >= 11 is 5.59. The summed E-state index contributed by atoms with van der Waals surface area (Å²) in [5.74, 6) is 0.966. The van der Waals surface area contributed by atoms with Crippen LogP contribution in [-0.2, 0) is 6.18 Å². The van der Waals surface area contributed by atoms with Gasteiger partial charge in [0.25, 0.3) is 5.91 Å². The number of nitrogens with one attached hydrogen (secondary N) is 1. The molecule has 0 aliphatic carbocycles. The van der Waals surface area contributed by atoms with Gasteiger partial charge in [-0.25, -0.2) is 4.98 Å². The van der Waals surface area contributed by atoms with E-state index in [1.807, 2.05) is 0 Å². The molecule has 1 N–H and O–H groups in total. The van der Waals surface area contributed by atoms with Gasteiger partial charge in [-0.15, -0.1) is 0 Å². The van der Waals surface area contributed by atoms with Crippen molar-refractivity contribution in [2.45, 2.75) is 25.9 Å². The molecular weight excluding hydrogens is 379 g/mol. The van der Waals surface area contributed by atoms with Crippen molar-refractivity contribution in [1.29, 1.82) is 0 Å². The number of nitrogens with zero attached hydrogens (tertiary/aromatic N) is 2. The van der Waals surface area contributed by atoms with E-state index >= 15 is 0 Å². The van der Waals surface area contributed by atoms with E-state index in [1.54, 1.807) is 12.1 Å². The average Bonchev–Trinajstić information content (AvgIpc) is 2.63. The van der Waals surface area contributed by atoms with Crippen molar-refractivity contribution in [1.82, 2.24) is 4.98 Å². The summed E-state index contributed by atoms with van der Waals surface area (Å²) in [6.45, 7) is 4.06. The number of pyridine rings is 1. The predicted octanol–water partition coefficient (Wildman–Crippen LogP) is 5.24. The molecule has 2 heterocycles. The van der Waals surface area contributed by atoms with Gasteiger partial charge in [0, 0.05) is 25.0 Å². The van der Waals surface area contributed by atoms with E-state index < -0.39 is 22.7 Å². The third-order valence-corrected chi connectivity index (χ3v) is 4.98. The Morgan fingerprint density at radius 1 is 1.22 bits per heavy atom. The zero-order valence-electron chi connectivity index (χ0n) is 14.7. The van der Waals surface area contributed by atoms with Crippen molar-refractivity contribution in [3.8, 4) is 0 Å². The zero-order chi connectivity index (χ0) is 19.6. The molecule has 1 amide bonds. The molecule has 144 valence electrons. The van der Waals surface area contributed by atoms with Crippen LogP contribution in [0.25, 0.3) is 0 Å². The summed E-state index contributed by atoms with van der Waals surface area (Å²) in [4.78, 5) is 18.8. The molecule has 0 saturated carbocycles. The van der Waals surface area contributed by atoms with Crippen LogP contribution >= 0.6 is 11.6 Å². The molecule has 1 aromatic heterocycles. The van der Waals surface area contributed by atoms with Crippen molar-refractivity contribution in [2.24, 2.45) is 5.92 Å². The molecule has 1 fully saturated rings. The predicted molar refractivity (Wildman–Crippen MR) is 99.3 cm³/mol. The highest BCUT2D eigenvalue weighted by Gasteiger charge is 2.33. The second kappa shape index (κ2) is 7.76. The van der Waals surface area contributed by atoms with E-state index in [9.17, 15) is 18.0 Å². The highest BCUT2D eigenvalue weighted by molar-refractivity contribution is 6.31. The van der Waals surface area contributed by atoms with Gasteiger partial charge in [0.15, 0.2) is 0 Å². The highest BCUT2D eigenvalue weighted by atomic mass is 35.5. The minimum atomic E-state index is -4.59. The maximum absolute atomic E-state index is 12.9. The molecular formula is C19H19ClF3N3O. The lowest BCUT2D eigenvalue weighted by Gasteiger charge is -2.31. The SMILES string of the molecule is CC1CCN(c2ccc(C(=O)Nc3ccc(Cl)c(C(F)(F)F)c3)cn2)CC1. The van der Waals surface area contributed by atoms with Gasteiger partial charge in [0.1, 0.15) is 5.82 Å². The van der Waals surface area contributed by atoms with Crippen molar-refractivity contribution in [3.05, 3.63) is 52.7 Å². The van der Waals surface area contributed by atoms with Crippen LogP contribution in [0.1, 0.15) is 35.7 Å². The van der Waals surface area contributed by atoms with Crippen LogP contribution in [0.15, 0.2) is 36.5 Å². The quantitative estimate of drug-likeness (QED) is 0.770. The smallest absolute Gasteiger partial charge is 0.357 e. The van der Waals surface area contributed by atoms with Crippen molar-refractivity contribution < 1.29 is 18.0 Å². The van der Waals surface area contributed by atoms with Gasteiger partial charge >= 0.3 is 6.18 Å². The molecule has 1 aliphatic heterocycles. The molecule has 0 radical (unpaired) electrons. The van der Waals surface area contributed by atoms with E-state index in [0.717, 1.165) is 43.9 Å². The van der Waals surface area contributed by atoms with Crippen LogP contribution in [0, 0.1) is 5.92 Å². The van der Waals surface area contributed by atoms with Crippen LogP contribution in [0.4, 0.5) is 24.7 Å². The third-order valence-electron chi connectivity index (χ3n) is 4.65. The number of hydrogen-bond acceptors (Lipinski definition) is 3. The third kappa shape index (κ3) is 4.71. The summed E-state index contributed by atoms with van der Waals surface area (Å²) in [7, 11) is 0. The van der Waals surface area contributed by atoms with Crippen LogP contribution in [-0.4, -0.2) is 24.0 Å². The van der Waals surface area contributed by atoms with Crippen LogP contribution in [0.2, 0.25) is 5.02 Å². The fraction of sp³-hybridized carbons (Fsp3) is 0.368. The molecule has 1 aliphatic rings. The normalized spacial score (nSPS) is 15.7. The van der Waals surface area contributed by atoms with E-state index in [4.69, 9.17) is 11.6 Å².